The number of hydrogen-bond acceptors (Lipinski definition) is 2. The van der Waals surface area contributed by atoms with E-state index in [1.54, 1.807) is 0 Å². The minimum Gasteiger partial charge on any atom is -0.388 e. The highest BCUT2D eigenvalue weighted by atomic mass is 14.8. The quantitative estimate of drug-likeness (QED) is 0.722. The lowest BCUT2D eigenvalue weighted by molar-refractivity contribution is 0.830. The molecule has 1 N–H and O–H groups in total. The van der Waals surface area contributed by atoms with Crippen molar-refractivity contribution >= 4 is 16.6 Å². The molecule has 2 heteroatoms. The molecule has 0 amide bonds. The lowest BCUT2D eigenvalue weighted by atomic mass is 10.0. The van der Waals surface area contributed by atoms with E-state index < -0.39 is 0 Å². The molecule has 106 valence electrons. The Hall–Kier alpha value is -2.35. The van der Waals surface area contributed by atoms with Gasteiger partial charge in [-0.25, -0.2) is 0 Å². The van der Waals surface area contributed by atoms with Crippen molar-refractivity contribution in [2.24, 2.45) is 0 Å². The third-order valence-corrected chi connectivity index (χ3v) is 3.80. The molecule has 0 saturated carbocycles. The van der Waals surface area contributed by atoms with Crippen LogP contribution in [0.15, 0.2) is 54.6 Å². The Morgan fingerprint density at radius 1 is 0.905 bits per heavy atom. The van der Waals surface area contributed by atoms with Crippen LogP contribution in [-0.4, -0.2) is 12.0 Å². The molecule has 2 nitrogen and oxygen atoms in total. The van der Waals surface area contributed by atoms with Gasteiger partial charge in [-0.2, -0.15) is 0 Å². The van der Waals surface area contributed by atoms with Gasteiger partial charge in [0, 0.05) is 23.8 Å². The molecule has 0 atom stereocenters. The van der Waals surface area contributed by atoms with Crippen LogP contribution < -0.4 is 5.32 Å². The SMILES string of the molecule is CNc1cc(C(C)C)nc2ccc(-c3ccccc3)cc12. The molecular weight excluding hydrogens is 256 g/mol. The summed E-state index contributed by atoms with van der Waals surface area (Å²) < 4.78 is 0. The molecule has 0 unspecified atom stereocenters. The first kappa shape index (κ1) is 13.6. The number of rotatable bonds is 3. The number of anilines is 1. The van der Waals surface area contributed by atoms with Crippen molar-refractivity contribution < 1.29 is 0 Å². The van der Waals surface area contributed by atoms with Crippen molar-refractivity contribution in [1.82, 2.24) is 4.98 Å². The zero-order chi connectivity index (χ0) is 14.8. The highest BCUT2D eigenvalue weighted by Crippen LogP contribution is 2.30. The molecule has 1 heterocycles. The van der Waals surface area contributed by atoms with Gasteiger partial charge in [0.15, 0.2) is 0 Å². The minimum absolute atomic E-state index is 0.426. The molecular formula is C19H20N2. The van der Waals surface area contributed by atoms with Gasteiger partial charge in [0.05, 0.1) is 5.52 Å². The molecule has 1 aromatic heterocycles. The Morgan fingerprint density at radius 2 is 1.67 bits per heavy atom. The standard InChI is InChI=1S/C19H20N2/c1-13(2)18-12-19(20-3)16-11-15(9-10-17(16)21-18)14-7-5-4-6-8-14/h4-13H,1-3H3,(H,20,21). The molecule has 0 radical (unpaired) electrons. The predicted octanol–water partition coefficient (Wildman–Crippen LogP) is 5.07. The molecule has 0 fully saturated rings. The van der Waals surface area contributed by atoms with Gasteiger partial charge in [-0.3, -0.25) is 4.98 Å². The molecule has 3 rings (SSSR count). The number of hydrogen-bond donors (Lipinski definition) is 1. The molecule has 2 aromatic carbocycles. The van der Waals surface area contributed by atoms with E-state index in [-0.39, 0.29) is 0 Å². The fourth-order valence-corrected chi connectivity index (χ4v) is 2.56. The van der Waals surface area contributed by atoms with E-state index in [2.05, 4.69) is 67.7 Å². The summed E-state index contributed by atoms with van der Waals surface area (Å²) in [5, 5.41) is 4.47. The zero-order valence-corrected chi connectivity index (χ0v) is 12.7. The number of benzene rings is 2. The van der Waals surface area contributed by atoms with Crippen LogP contribution in [0, 0.1) is 0 Å². The molecule has 21 heavy (non-hydrogen) atoms. The van der Waals surface area contributed by atoms with Gasteiger partial charge in [-0.05, 0) is 35.2 Å². The molecule has 0 aliphatic heterocycles. The number of nitrogens with zero attached hydrogens (tertiary/aromatic N) is 1. The van der Waals surface area contributed by atoms with E-state index in [1.807, 2.05) is 13.1 Å². The molecule has 0 bridgehead atoms. The highest BCUT2D eigenvalue weighted by molar-refractivity contribution is 5.94. The maximum Gasteiger partial charge on any atom is 0.0726 e. The first-order valence-corrected chi connectivity index (χ1v) is 7.37. The second-order valence-corrected chi connectivity index (χ2v) is 5.60. The summed E-state index contributed by atoms with van der Waals surface area (Å²) in [4.78, 5) is 4.78. The van der Waals surface area contributed by atoms with Crippen LogP contribution in [0.1, 0.15) is 25.5 Å². The van der Waals surface area contributed by atoms with Gasteiger partial charge in [0.25, 0.3) is 0 Å². The van der Waals surface area contributed by atoms with Crippen molar-refractivity contribution in [2.45, 2.75) is 19.8 Å². The van der Waals surface area contributed by atoms with Gasteiger partial charge < -0.3 is 5.32 Å². The second kappa shape index (κ2) is 5.57. The minimum atomic E-state index is 0.426. The summed E-state index contributed by atoms with van der Waals surface area (Å²) in [5.41, 5.74) is 5.76. The van der Waals surface area contributed by atoms with E-state index >= 15 is 0 Å². The zero-order valence-electron chi connectivity index (χ0n) is 12.7. The number of fused-ring (bicyclic) bond motifs is 1. The molecule has 3 aromatic rings. The Bertz CT molecular complexity index is 761. The van der Waals surface area contributed by atoms with Crippen LogP contribution in [0.25, 0.3) is 22.0 Å². The van der Waals surface area contributed by atoms with Crippen molar-refractivity contribution in [3.8, 4) is 11.1 Å². The summed E-state index contributed by atoms with van der Waals surface area (Å²) in [6.07, 6.45) is 0. The third kappa shape index (κ3) is 2.62. The Balaban J connectivity index is 2.20. The molecule has 0 aliphatic rings. The fourth-order valence-electron chi connectivity index (χ4n) is 2.56. The van der Waals surface area contributed by atoms with Crippen molar-refractivity contribution in [3.63, 3.8) is 0 Å². The summed E-state index contributed by atoms with van der Waals surface area (Å²) in [5.74, 6) is 0.426. The summed E-state index contributed by atoms with van der Waals surface area (Å²) >= 11 is 0. The first-order valence-electron chi connectivity index (χ1n) is 7.37. The van der Waals surface area contributed by atoms with Crippen LogP contribution >= 0.6 is 0 Å². The van der Waals surface area contributed by atoms with Crippen LogP contribution in [0.3, 0.4) is 0 Å². The first-order chi connectivity index (χ1) is 10.2. The van der Waals surface area contributed by atoms with Gasteiger partial charge in [-0.15, -0.1) is 0 Å². The predicted molar refractivity (Wildman–Crippen MR) is 90.8 cm³/mol. The van der Waals surface area contributed by atoms with Crippen molar-refractivity contribution in [3.05, 3.63) is 60.3 Å². The Morgan fingerprint density at radius 3 is 2.33 bits per heavy atom. The average Bonchev–Trinajstić information content (AvgIpc) is 2.54. The van der Waals surface area contributed by atoms with Gasteiger partial charge in [-0.1, -0.05) is 50.2 Å². The smallest absolute Gasteiger partial charge is 0.0726 e. The summed E-state index contributed by atoms with van der Waals surface area (Å²) in [6.45, 7) is 4.35. The average molecular weight is 276 g/mol. The molecule has 0 aliphatic carbocycles. The third-order valence-electron chi connectivity index (χ3n) is 3.80. The fraction of sp³-hybridized carbons (Fsp3) is 0.211. The molecule has 0 saturated heterocycles. The lowest BCUT2D eigenvalue weighted by Gasteiger charge is -2.12. The highest BCUT2D eigenvalue weighted by Gasteiger charge is 2.09. The Kier molecular flexibility index (Phi) is 3.61. The summed E-state index contributed by atoms with van der Waals surface area (Å²) in [7, 11) is 1.97. The van der Waals surface area contributed by atoms with Crippen LogP contribution in [0.5, 0.6) is 0 Å². The number of aromatic nitrogens is 1. The second-order valence-electron chi connectivity index (χ2n) is 5.60. The van der Waals surface area contributed by atoms with E-state index in [9.17, 15) is 0 Å². The van der Waals surface area contributed by atoms with Crippen molar-refractivity contribution in [2.75, 3.05) is 12.4 Å². The summed E-state index contributed by atoms with van der Waals surface area (Å²) in [6, 6.07) is 19.1. The lowest BCUT2D eigenvalue weighted by Crippen LogP contribution is -1.98. The Labute approximate surface area is 125 Å². The van der Waals surface area contributed by atoms with E-state index in [0.29, 0.717) is 5.92 Å². The largest absolute Gasteiger partial charge is 0.388 e. The van der Waals surface area contributed by atoms with Crippen LogP contribution in [0.4, 0.5) is 5.69 Å². The van der Waals surface area contributed by atoms with Gasteiger partial charge >= 0.3 is 0 Å². The van der Waals surface area contributed by atoms with Gasteiger partial charge in [0.2, 0.25) is 0 Å². The van der Waals surface area contributed by atoms with Crippen LogP contribution in [0.2, 0.25) is 0 Å². The topological polar surface area (TPSA) is 24.9 Å². The van der Waals surface area contributed by atoms with Crippen molar-refractivity contribution in [1.29, 1.82) is 0 Å². The number of nitrogens with one attached hydrogen (secondary N) is 1. The normalized spacial score (nSPS) is 11.0. The van der Waals surface area contributed by atoms with E-state index in [1.165, 1.54) is 16.5 Å². The van der Waals surface area contributed by atoms with E-state index in [0.717, 1.165) is 16.9 Å². The maximum absolute atomic E-state index is 4.78. The van der Waals surface area contributed by atoms with E-state index in [4.69, 9.17) is 4.98 Å². The molecule has 0 spiro atoms. The number of pyridine rings is 1. The monoisotopic (exact) mass is 276 g/mol. The van der Waals surface area contributed by atoms with Gasteiger partial charge in [0.1, 0.15) is 0 Å². The maximum atomic E-state index is 4.78. The van der Waals surface area contributed by atoms with Crippen LogP contribution in [-0.2, 0) is 0 Å².